The number of fused-ring (bicyclic) bond motifs is 2. The van der Waals surface area contributed by atoms with E-state index in [4.69, 9.17) is 0 Å². The van der Waals surface area contributed by atoms with Crippen LogP contribution in [0, 0.1) is 5.92 Å². The maximum absolute atomic E-state index is 2.71. The second-order valence-electron chi connectivity index (χ2n) is 6.26. The SMILES string of the molecule is CCC1CC1(I)C1=Cc2ccccc2Cc2ccccc21. The third-order valence-electron chi connectivity index (χ3n) is 5.01. The summed E-state index contributed by atoms with van der Waals surface area (Å²) in [6.07, 6.45) is 6.12. The van der Waals surface area contributed by atoms with Gasteiger partial charge in [0.2, 0.25) is 0 Å². The molecule has 0 heterocycles. The molecule has 2 aromatic carbocycles. The molecule has 0 bridgehead atoms. The average Bonchev–Trinajstić information content (AvgIpc) is 3.22. The topological polar surface area (TPSA) is 0 Å². The second-order valence-corrected chi connectivity index (χ2v) is 8.19. The van der Waals surface area contributed by atoms with Gasteiger partial charge in [-0.2, -0.15) is 0 Å². The zero-order chi connectivity index (χ0) is 14.4. The Morgan fingerprint density at radius 1 is 1.05 bits per heavy atom. The number of benzene rings is 2. The average molecular weight is 386 g/mol. The van der Waals surface area contributed by atoms with Crippen molar-refractivity contribution in [1.29, 1.82) is 0 Å². The molecule has 1 heteroatoms. The van der Waals surface area contributed by atoms with E-state index in [1.807, 2.05) is 0 Å². The highest BCUT2D eigenvalue weighted by Gasteiger charge is 2.54. The largest absolute Gasteiger partial charge is 0.0733 e. The first-order chi connectivity index (χ1) is 10.2. The van der Waals surface area contributed by atoms with Crippen molar-refractivity contribution in [1.82, 2.24) is 0 Å². The van der Waals surface area contributed by atoms with Gasteiger partial charge in [-0.25, -0.2) is 0 Å². The van der Waals surface area contributed by atoms with Crippen molar-refractivity contribution in [3.05, 3.63) is 70.8 Å². The van der Waals surface area contributed by atoms with Gasteiger partial charge in [0, 0.05) is 0 Å². The van der Waals surface area contributed by atoms with Crippen molar-refractivity contribution in [3.63, 3.8) is 0 Å². The second kappa shape index (κ2) is 4.98. The summed E-state index contributed by atoms with van der Waals surface area (Å²) >= 11 is 2.71. The van der Waals surface area contributed by atoms with Crippen LogP contribution in [0.5, 0.6) is 0 Å². The van der Waals surface area contributed by atoms with Crippen LogP contribution in [0.1, 0.15) is 42.0 Å². The van der Waals surface area contributed by atoms with Crippen LogP contribution in [0.15, 0.2) is 48.5 Å². The van der Waals surface area contributed by atoms with Crippen molar-refractivity contribution in [2.45, 2.75) is 29.6 Å². The van der Waals surface area contributed by atoms with Crippen LogP contribution in [0.4, 0.5) is 0 Å². The van der Waals surface area contributed by atoms with E-state index in [9.17, 15) is 0 Å². The van der Waals surface area contributed by atoms with Crippen molar-refractivity contribution in [2.75, 3.05) is 0 Å². The molecule has 0 N–H and O–H groups in total. The summed E-state index contributed by atoms with van der Waals surface area (Å²) in [7, 11) is 0. The molecule has 1 fully saturated rings. The fourth-order valence-electron chi connectivity index (χ4n) is 3.65. The lowest BCUT2D eigenvalue weighted by atomic mass is 9.94. The molecule has 2 aliphatic carbocycles. The van der Waals surface area contributed by atoms with E-state index < -0.39 is 0 Å². The van der Waals surface area contributed by atoms with Crippen LogP contribution in [-0.2, 0) is 6.42 Å². The Morgan fingerprint density at radius 2 is 1.76 bits per heavy atom. The first-order valence-electron chi connectivity index (χ1n) is 7.79. The molecular weight excluding hydrogens is 367 g/mol. The summed E-state index contributed by atoms with van der Waals surface area (Å²) in [6, 6.07) is 17.8. The fourth-order valence-corrected chi connectivity index (χ4v) is 5.07. The molecule has 0 spiro atoms. The minimum atomic E-state index is 0.347. The van der Waals surface area contributed by atoms with E-state index in [0.29, 0.717) is 3.42 Å². The summed E-state index contributed by atoms with van der Waals surface area (Å²) in [5.41, 5.74) is 7.36. The minimum Gasteiger partial charge on any atom is -0.0733 e. The molecule has 0 nitrogen and oxygen atoms in total. The fraction of sp³-hybridized carbons (Fsp3) is 0.300. The van der Waals surface area contributed by atoms with Crippen molar-refractivity contribution >= 4 is 34.2 Å². The van der Waals surface area contributed by atoms with Gasteiger partial charge in [0.1, 0.15) is 0 Å². The van der Waals surface area contributed by atoms with Crippen molar-refractivity contribution < 1.29 is 0 Å². The maximum atomic E-state index is 2.71. The molecule has 0 amide bonds. The van der Waals surface area contributed by atoms with E-state index in [0.717, 1.165) is 12.3 Å². The zero-order valence-corrected chi connectivity index (χ0v) is 14.4. The Morgan fingerprint density at radius 3 is 2.52 bits per heavy atom. The van der Waals surface area contributed by atoms with Crippen LogP contribution < -0.4 is 0 Å². The molecule has 1 saturated carbocycles. The number of allylic oxidation sites excluding steroid dienone is 1. The van der Waals surface area contributed by atoms with E-state index in [1.165, 1.54) is 35.1 Å². The third kappa shape index (κ3) is 2.17. The maximum Gasteiger partial charge on any atom is 0.0508 e. The molecule has 0 saturated heterocycles. The normalized spacial score (nSPS) is 26.4. The highest BCUT2D eigenvalue weighted by atomic mass is 127. The van der Waals surface area contributed by atoms with Gasteiger partial charge in [0.05, 0.1) is 3.42 Å². The molecule has 0 aliphatic heterocycles. The van der Waals surface area contributed by atoms with Crippen LogP contribution in [-0.4, -0.2) is 3.42 Å². The molecular formula is C20H19I. The Balaban J connectivity index is 1.93. The number of alkyl halides is 1. The van der Waals surface area contributed by atoms with E-state index in [-0.39, 0.29) is 0 Å². The van der Waals surface area contributed by atoms with E-state index >= 15 is 0 Å². The first-order valence-corrected chi connectivity index (χ1v) is 8.87. The lowest BCUT2D eigenvalue weighted by Crippen LogP contribution is -2.06. The van der Waals surface area contributed by atoms with Gasteiger partial charge in [-0.3, -0.25) is 0 Å². The summed E-state index contributed by atoms with van der Waals surface area (Å²) in [5.74, 6) is 0.836. The van der Waals surface area contributed by atoms with Crippen LogP contribution >= 0.6 is 22.6 Å². The van der Waals surface area contributed by atoms with Gasteiger partial charge in [-0.15, -0.1) is 0 Å². The molecule has 2 unspecified atom stereocenters. The van der Waals surface area contributed by atoms with Gasteiger partial charge < -0.3 is 0 Å². The van der Waals surface area contributed by atoms with E-state index in [2.05, 4.69) is 84.1 Å². The van der Waals surface area contributed by atoms with E-state index in [1.54, 1.807) is 5.57 Å². The van der Waals surface area contributed by atoms with Crippen molar-refractivity contribution in [2.24, 2.45) is 5.92 Å². The Kier molecular flexibility index (Phi) is 3.21. The number of hydrogen-bond donors (Lipinski definition) is 0. The standard InChI is InChI=1S/C20H19I/c1-2-17-13-20(17,21)19-12-15-8-4-3-7-14(15)11-16-9-5-6-10-18(16)19/h3-10,12,17H,2,11,13H2,1H3. The lowest BCUT2D eigenvalue weighted by molar-refractivity contribution is 0.786. The highest BCUT2D eigenvalue weighted by Crippen LogP contribution is 2.62. The molecule has 0 radical (unpaired) electrons. The minimum absolute atomic E-state index is 0.347. The number of halogens is 1. The monoisotopic (exact) mass is 386 g/mol. The smallest absolute Gasteiger partial charge is 0.0508 e. The van der Waals surface area contributed by atoms with Crippen LogP contribution in [0.3, 0.4) is 0 Å². The van der Waals surface area contributed by atoms with Gasteiger partial charge in [-0.1, -0.05) is 84.5 Å². The van der Waals surface area contributed by atoms with Crippen LogP contribution in [0.25, 0.3) is 11.6 Å². The molecule has 2 atom stereocenters. The summed E-state index contributed by atoms with van der Waals surface area (Å²) in [5, 5.41) is 0. The Hall–Kier alpha value is -1.09. The van der Waals surface area contributed by atoms with Gasteiger partial charge in [0.25, 0.3) is 0 Å². The van der Waals surface area contributed by atoms with Crippen molar-refractivity contribution in [3.8, 4) is 0 Å². The zero-order valence-electron chi connectivity index (χ0n) is 12.3. The highest BCUT2D eigenvalue weighted by molar-refractivity contribution is 14.1. The lowest BCUT2D eigenvalue weighted by Gasteiger charge is -2.17. The first kappa shape index (κ1) is 13.6. The Labute approximate surface area is 140 Å². The third-order valence-corrected chi connectivity index (χ3v) is 6.92. The number of rotatable bonds is 2. The van der Waals surface area contributed by atoms with Gasteiger partial charge >= 0.3 is 0 Å². The van der Waals surface area contributed by atoms with Crippen LogP contribution in [0.2, 0.25) is 0 Å². The summed E-state index contributed by atoms with van der Waals surface area (Å²) in [4.78, 5) is 0. The molecule has 0 aromatic heterocycles. The summed E-state index contributed by atoms with van der Waals surface area (Å²) in [6.45, 7) is 2.32. The molecule has 106 valence electrons. The predicted octanol–water partition coefficient (Wildman–Crippen LogP) is 5.74. The molecule has 4 rings (SSSR count). The summed E-state index contributed by atoms with van der Waals surface area (Å²) < 4.78 is 0.347. The Bertz CT molecular complexity index is 728. The predicted molar refractivity (Wildman–Crippen MR) is 98.7 cm³/mol. The molecule has 21 heavy (non-hydrogen) atoms. The number of hydrogen-bond acceptors (Lipinski definition) is 0. The van der Waals surface area contributed by atoms with Gasteiger partial charge in [0.15, 0.2) is 0 Å². The molecule has 2 aromatic rings. The molecule has 2 aliphatic rings. The van der Waals surface area contributed by atoms with Gasteiger partial charge in [-0.05, 0) is 52.7 Å². The quantitative estimate of drug-likeness (QED) is 0.457.